The fourth-order valence-electron chi connectivity index (χ4n) is 0.354. The smallest absolute Gasteiger partial charge is 0.0538 e. The van der Waals surface area contributed by atoms with Gasteiger partial charge in [0.25, 0.3) is 0 Å². The minimum absolute atomic E-state index is 0. The van der Waals surface area contributed by atoms with E-state index in [0.717, 1.165) is 0 Å². The molecule has 0 aromatic carbocycles. The van der Waals surface area contributed by atoms with Crippen molar-refractivity contribution in [2.24, 2.45) is 0 Å². The molecular weight excluding hydrogens is 84.1 g/mol. The van der Waals surface area contributed by atoms with Crippen molar-refractivity contribution in [3.05, 3.63) is 0 Å². The number of hydrogen-bond donors (Lipinski definition) is 0. The number of hydrogen-bond acceptors (Lipinski definition) is 0. The van der Waals surface area contributed by atoms with Crippen molar-refractivity contribution >= 4 is 0 Å². The molecule has 0 atom stereocenters. The van der Waals surface area contributed by atoms with Crippen LogP contribution in [-0.4, -0.2) is 0 Å². The van der Waals surface area contributed by atoms with Gasteiger partial charge in [-0.15, -0.1) is 0 Å². The average Bonchev–Trinajstić information content (AvgIpc) is 1.41. The summed E-state index contributed by atoms with van der Waals surface area (Å²) in [6, 6.07) is 0. The lowest BCUT2D eigenvalue weighted by Gasteiger charge is -1.79. The maximum atomic E-state index is 2.21. The Balaban J connectivity index is -0.0000000800. The van der Waals surface area contributed by atoms with E-state index in [4.69, 9.17) is 0 Å². The van der Waals surface area contributed by atoms with Crippen molar-refractivity contribution in [2.45, 2.75) is 48.0 Å². The molecule has 0 N–H and O–H groups in total. The van der Waals surface area contributed by atoms with E-state index in [2.05, 4.69) is 13.8 Å². The number of rotatable bonds is 2. The van der Waals surface area contributed by atoms with E-state index in [0.29, 0.717) is 0 Å². The molecule has 0 fully saturated rings. The van der Waals surface area contributed by atoms with E-state index in [9.17, 15) is 0 Å². The van der Waals surface area contributed by atoms with Gasteiger partial charge in [-0.05, 0) is 0 Å². The Morgan fingerprint density at radius 3 is 1.14 bits per heavy atom. The Hall–Kier alpha value is 0. The molecule has 0 rings (SSSR count). The van der Waals surface area contributed by atoms with Gasteiger partial charge in [-0.1, -0.05) is 48.0 Å². The molecule has 0 spiro atoms. The third kappa shape index (κ3) is 24.0. The van der Waals surface area contributed by atoms with E-state index >= 15 is 0 Å². The quantitative estimate of drug-likeness (QED) is 0.503. The lowest BCUT2D eigenvalue weighted by atomic mass is 10.3. The van der Waals surface area contributed by atoms with E-state index in [1.54, 1.807) is 0 Å². The zero-order valence-electron chi connectivity index (χ0n) is 4.12. The van der Waals surface area contributed by atoms with Crippen molar-refractivity contribution in [3.8, 4) is 0 Å². The first kappa shape index (κ1) is 15.8. The summed E-state index contributed by atoms with van der Waals surface area (Å²) in [7, 11) is 0. The summed E-state index contributed by atoms with van der Waals surface area (Å²) in [5.41, 5.74) is 0. The van der Waals surface area contributed by atoms with Crippen LogP contribution in [0.25, 0.3) is 0 Å². The van der Waals surface area contributed by atoms with Crippen molar-refractivity contribution in [3.63, 3.8) is 0 Å². The molecule has 0 saturated carbocycles. The largest absolute Gasteiger partial charge is 0.0776 e. The molecule has 0 aliphatic heterocycles. The van der Waals surface area contributed by atoms with Gasteiger partial charge in [0.2, 0.25) is 0 Å². The van der Waals surface area contributed by atoms with Gasteiger partial charge in [0, 0.05) is 0 Å². The highest BCUT2D eigenvalue weighted by Crippen LogP contribution is 1.88. The molecule has 0 radical (unpaired) electrons. The van der Waals surface area contributed by atoms with Gasteiger partial charge in [0.1, 0.15) is 0 Å². The summed E-state index contributed by atoms with van der Waals surface area (Å²) in [6.07, 6.45) is 4.08. The molecule has 0 aromatic heterocycles. The SMILES string of the molecule is C.C.CCCCC. The maximum Gasteiger partial charge on any atom is -0.0538 e. The van der Waals surface area contributed by atoms with Crippen LogP contribution in [0.4, 0.5) is 0 Å². The van der Waals surface area contributed by atoms with Gasteiger partial charge in [0.15, 0.2) is 0 Å². The summed E-state index contributed by atoms with van der Waals surface area (Å²) in [6.45, 7) is 4.42. The van der Waals surface area contributed by atoms with Crippen molar-refractivity contribution in [1.29, 1.82) is 0 Å². The second-order valence-corrected chi connectivity index (χ2v) is 1.35. The van der Waals surface area contributed by atoms with E-state index in [-0.39, 0.29) is 14.9 Å². The molecule has 0 aliphatic rings. The van der Waals surface area contributed by atoms with Crippen LogP contribution >= 0.6 is 0 Å². The highest BCUT2D eigenvalue weighted by atomic mass is 13.7. The van der Waals surface area contributed by atoms with Crippen LogP contribution in [0.5, 0.6) is 0 Å². The molecule has 7 heavy (non-hydrogen) atoms. The topological polar surface area (TPSA) is 0 Å². The zero-order chi connectivity index (χ0) is 4.12. The molecule has 0 heteroatoms. The van der Waals surface area contributed by atoms with Crippen molar-refractivity contribution < 1.29 is 0 Å². The Morgan fingerprint density at radius 2 is 1.14 bits per heavy atom. The predicted octanol–water partition coefficient (Wildman–Crippen LogP) is 3.47. The summed E-state index contributed by atoms with van der Waals surface area (Å²) in [4.78, 5) is 0. The van der Waals surface area contributed by atoms with Crippen LogP contribution in [0.15, 0.2) is 0 Å². The molecule has 0 heterocycles. The minimum atomic E-state index is 0. The second-order valence-electron chi connectivity index (χ2n) is 1.35. The van der Waals surface area contributed by atoms with Crippen LogP contribution in [0, 0.1) is 0 Å². The molecule has 48 valence electrons. The van der Waals surface area contributed by atoms with Gasteiger partial charge in [0.05, 0.1) is 0 Å². The first-order valence-corrected chi connectivity index (χ1v) is 2.41. The molecule has 0 aromatic rings. The Morgan fingerprint density at radius 1 is 0.857 bits per heavy atom. The zero-order valence-corrected chi connectivity index (χ0v) is 4.12. The Labute approximate surface area is 48.9 Å². The van der Waals surface area contributed by atoms with Crippen LogP contribution < -0.4 is 0 Å². The molecule has 0 aliphatic carbocycles. The third-order valence-electron chi connectivity index (χ3n) is 0.707. The molecule has 0 saturated heterocycles. The lowest BCUT2D eigenvalue weighted by molar-refractivity contribution is 0.772. The van der Waals surface area contributed by atoms with Crippen LogP contribution in [0.1, 0.15) is 48.0 Å². The molecule has 0 amide bonds. The van der Waals surface area contributed by atoms with E-state index < -0.39 is 0 Å². The van der Waals surface area contributed by atoms with Gasteiger partial charge < -0.3 is 0 Å². The molecule has 0 unspecified atom stereocenters. The van der Waals surface area contributed by atoms with Gasteiger partial charge in [-0.2, -0.15) is 0 Å². The summed E-state index contributed by atoms with van der Waals surface area (Å²) in [5.74, 6) is 0. The maximum absolute atomic E-state index is 2.21. The molecule has 0 bridgehead atoms. The third-order valence-corrected chi connectivity index (χ3v) is 0.707. The number of unbranched alkanes of at least 4 members (excludes halogenated alkanes) is 2. The molecular formula is C7H20. The van der Waals surface area contributed by atoms with Crippen LogP contribution in [0.3, 0.4) is 0 Å². The highest BCUT2D eigenvalue weighted by molar-refractivity contribution is 4.24. The Bertz CT molecular complexity index is 7.51. The predicted molar refractivity (Wildman–Crippen MR) is 38.7 cm³/mol. The van der Waals surface area contributed by atoms with Gasteiger partial charge in [-0.25, -0.2) is 0 Å². The standard InChI is InChI=1S/C5H12.2CH4/c1-3-5-4-2;;/h3-5H2,1-2H3;2*1H4. The fourth-order valence-corrected chi connectivity index (χ4v) is 0.354. The fraction of sp³-hybridized carbons (Fsp3) is 1.00. The highest BCUT2D eigenvalue weighted by Gasteiger charge is 1.68. The normalized spacial score (nSPS) is 6.00. The van der Waals surface area contributed by atoms with Crippen LogP contribution in [0.2, 0.25) is 0 Å². The van der Waals surface area contributed by atoms with Crippen molar-refractivity contribution in [2.75, 3.05) is 0 Å². The first-order chi connectivity index (χ1) is 2.41. The summed E-state index contributed by atoms with van der Waals surface area (Å²) < 4.78 is 0. The van der Waals surface area contributed by atoms with Crippen molar-refractivity contribution in [1.82, 2.24) is 0 Å². The van der Waals surface area contributed by atoms with E-state index in [1.807, 2.05) is 0 Å². The molecule has 0 nitrogen and oxygen atoms in total. The summed E-state index contributed by atoms with van der Waals surface area (Å²) >= 11 is 0. The van der Waals surface area contributed by atoms with Crippen LogP contribution in [-0.2, 0) is 0 Å². The average molecular weight is 104 g/mol. The Kier molecular flexibility index (Phi) is 37.5. The second kappa shape index (κ2) is 16.7. The van der Waals surface area contributed by atoms with Gasteiger partial charge >= 0.3 is 0 Å². The van der Waals surface area contributed by atoms with Gasteiger partial charge in [-0.3, -0.25) is 0 Å². The summed E-state index contributed by atoms with van der Waals surface area (Å²) in [5, 5.41) is 0. The lowest BCUT2D eigenvalue weighted by Crippen LogP contribution is -1.59. The minimum Gasteiger partial charge on any atom is -0.0776 e. The monoisotopic (exact) mass is 104 g/mol. The first-order valence-electron chi connectivity index (χ1n) is 2.41. The van der Waals surface area contributed by atoms with E-state index in [1.165, 1.54) is 19.3 Å².